The first kappa shape index (κ1) is 31.5. The van der Waals surface area contributed by atoms with Gasteiger partial charge in [0.1, 0.15) is 30.1 Å². The van der Waals surface area contributed by atoms with Gasteiger partial charge in [-0.05, 0) is 78.3 Å². The Morgan fingerprint density at radius 1 is 1.02 bits per heavy atom. The molecule has 0 saturated carbocycles. The number of carbonyl (C=O) groups is 4. The Morgan fingerprint density at radius 2 is 1.73 bits per heavy atom. The predicted molar refractivity (Wildman–Crippen MR) is 159 cm³/mol. The Morgan fingerprint density at radius 3 is 2.40 bits per heavy atom. The second-order valence-corrected chi connectivity index (χ2v) is 12.8. The number of alkyl carbamates (subject to hydrolysis) is 1. The van der Waals surface area contributed by atoms with Crippen LogP contribution in [0.15, 0.2) is 35.1 Å². The molecule has 238 valence electrons. The van der Waals surface area contributed by atoms with Crippen molar-refractivity contribution in [3.63, 3.8) is 0 Å². The maximum atomic E-state index is 13.8. The van der Waals surface area contributed by atoms with Gasteiger partial charge in [-0.3, -0.25) is 9.59 Å². The summed E-state index contributed by atoms with van der Waals surface area (Å²) in [6.07, 6.45) is -1.69. The standard InChI is InChI=1S/C32H35N3O10/c1-8-32(43-24(36)14-33-28(39)44-30(2,3)4)21-13-23-25-18(15-35(23)26(37)20(21)16-41-27(32)38)11-17-12-19(9-10-22(17)34-25)42-29(40)45-31(5,6)7/h9-13H,8,14-16H2,1-7H3,(H,33,39)/t32-/m0/s1. The lowest BCUT2D eigenvalue weighted by atomic mass is 9.85. The zero-order chi connectivity index (χ0) is 32.9. The van der Waals surface area contributed by atoms with Crippen LogP contribution in [0.5, 0.6) is 5.75 Å². The molecule has 0 radical (unpaired) electrons. The van der Waals surface area contributed by atoms with Crippen molar-refractivity contribution in [1.29, 1.82) is 0 Å². The molecule has 0 fully saturated rings. The first-order valence-corrected chi connectivity index (χ1v) is 14.5. The largest absolute Gasteiger partial charge is 0.514 e. The molecule has 0 spiro atoms. The van der Waals surface area contributed by atoms with E-state index in [9.17, 15) is 24.0 Å². The van der Waals surface area contributed by atoms with Crippen LogP contribution in [0.25, 0.3) is 22.3 Å². The molecule has 0 aliphatic carbocycles. The van der Waals surface area contributed by atoms with Gasteiger partial charge in [-0.25, -0.2) is 19.4 Å². The van der Waals surface area contributed by atoms with Gasteiger partial charge < -0.3 is 33.6 Å². The molecule has 13 nitrogen and oxygen atoms in total. The van der Waals surface area contributed by atoms with Crippen LogP contribution in [-0.4, -0.2) is 51.5 Å². The molecule has 5 rings (SSSR count). The molecule has 13 heteroatoms. The van der Waals surface area contributed by atoms with Gasteiger partial charge in [0, 0.05) is 16.5 Å². The van der Waals surface area contributed by atoms with E-state index >= 15 is 0 Å². The third kappa shape index (κ3) is 6.33. The number of nitrogens with zero attached hydrogens (tertiary/aromatic N) is 2. The number of hydrogen-bond donors (Lipinski definition) is 1. The summed E-state index contributed by atoms with van der Waals surface area (Å²) in [5.41, 5.74) is -1.17. The van der Waals surface area contributed by atoms with Crippen LogP contribution in [0, 0.1) is 0 Å². The fourth-order valence-corrected chi connectivity index (χ4v) is 5.24. The van der Waals surface area contributed by atoms with E-state index in [1.54, 1.807) is 72.7 Å². The van der Waals surface area contributed by atoms with Crippen LogP contribution >= 0.6 is 0 Å². The van der Waals surface area contributed by atoms with E-state index in [1.165, 1.54) is 4.57 Å². The highest BCUT2D eigenvalue weighted by Gasteiger charge is 2.50. The Hall–Kier alpha value is -4.94. The lowest BCUT2D eigenvalue weighted by Crippen LogP contribution is -2.49. The lowest BCUT2D eigenvalue weighted by molar-refractivity contribution is -0.188. The van der Waals surface area contributed by atoms with Gasteiger partial charge in [-0.1, -0.05) is 6.92 Å². The third-order valence-electron chi connectivity index (χ3n) is 7.10. The normalized spacial score (nSPS) is 17.0. The number of rotatable bonds is 5. The summed E-state index contributed by atoms with van der Waals surface area (Å²) in [5.74, 6) is -1.47. The molecule has 2 aromatic heterocycles. The number of amides is 1. The summed E-state index contributed by atoms with van der Waals surface area (Å²) in [7, 11) is 0. The van der Waals surface area contributed by atoms with Gasteiger partial charge >= 0.3 is 24.2 Å². The molecule has 1 atom stereocenters. The van der Waals surface area contributed by atoms with Crippen molar-refractivity contribution >= 4 is 35.1 Å². The first-order chi connectivity index (χ1) is 21.0. The second kappa shape index (κ2) is 11.2. The molecule has 3 aromatic rings. The summed E-state index contributed by atoms with van der Waals surface area (Å²) in [6, 6.07) is 8.41. The van der Waals surface area contributed by atoms with Gasteiger partial charge in [-0.2, -0.15) is 0 Å². The van der Waals surface area contributed by atoms with E-state index in [4.69, 9.17) is 28.7 Å². The molecule has 0 saturated heterocycles. The van der Waals surface area contributed by atoms with Crippen molar-refractivity contribution in [2.45, 2.75) is 84.8 Å². The topological polar surface area (TPSA) is 161 Å². The minimum Gasteiger partial charge on any atom is -0.457 e. The Labute approximate surface area is 258 Å². The molecule has 0 unspecified atom stereocenters. The summed E-state index contributed by atoms with van der Waals surface area (Å²) in [4.78, 5) is 68.9. The molecule has 1 amide bonds. The number of pyridine rings is 2. The summed E-state index contributed by atoms with van der Waals surface area (Å²) >= 11 is 0. The minimum atomic E-state index is -1.91. The molecule has 45 heavy (non-hydrogen) atoms. The maximum absolute atomic E-state index is 13.8. The molecule has 1 aromatic carbocycles. The zero-order valence-corrected chi connectivity index (χ0v) is 26.2. The highest BCUT2D eigenvalue weighted by atomic mass is 16.7. The lowest BCUT2D eigenvalue weighted by Gasteiger charge is -2.35. The number of aromatic nitrogens is 2. The average molecular weight is 622 g/mol. The van der Waals surface area contributed by atoms with Crippen molar-refractivity contribution < 1.29 is 42.9 Å². The molecular weight excluding hydrogens is 586 g/mol. The average Bonchev–Trinajstić information content (AvgIpc) is 3.28. The van der Waals surface area contributed by atoms with Crippen molar-refractivity contribution in [2.75, 3.05) is 6.54 Å². The number of benzene rings is 1. The van der Waals surface area contributed by atoms with Gasteiger partial charge in [0.15, 0.2) is 0 Å². The van der Waals surface area contributed by atoms with Crippen LogP contribution < -0.4 is 15.6 Å². The van der Waals surface area contributed by atoms with E-state index < -0.39 is 53.1 Å². The predicted octanol–water partition coefficient (Wildman–Crippen LogP) is 4.47. The number of cyclic esters (lactones) is 1. The van der Waals surface area contributed by atoms with Crippen LogP contribution in [0.3, 0.4) is 0 Å². The number of esters is 2. The van der Waals surface area contributed by atoms with E-state index in [0.717, 1.165) is 5.56 Å². The summed E-state index contributed by atoms with van der Waals surface area (Å²) < 4.78 is 28.3. The van der Waals surface area contributed by atoms with Crippen molar-refractivity contribution in [2.24, 2.45) is 0 Å². The van der Waals surface area contributed by atoms with Crippen molar-refractivity contribution in [1.82, 2.24) is 14.9 Å². The van der Waals surface area contributed by atoms with Crippen molar-refractivity contribution in [3.8, 4) is 17.1 Å². The molecule has 4 heterocycles. The number of ether oxygens (including phenoxy) is 5. The van der Waals surface area contributed by atoms with E-state index in [0.29, 0.717) is 22.3 Å². The molecule has 1 N–H and O–H groups in total. The Bertz CT molecular complexity index is 1800. The Balaban J connectivity index is 1.47. The second-order valence-electron chi connectivity index (χ2n) is 12.8. The van der Waals surface area contributed by atoms with E-state index in [1.807, 2.05) is 6.07 Å². The molecule has 2 aliphatic heterocycles. The van der Waals surface area contributed by atoms with E-state index in [2.05, 4.69) is 5.32 Å². The van der Waals surface area contributed by atoms with Crippen LogP contribution in [0.2, 0.25) is 0 Å². The molecule has 2 aliphatic rings. The van der Waals surface area contributed by atoms with E-state index in [-0.39, 0.29) is 36.4 Å². The van der Waals surface area contributed by atoms with Gasteiger partial charge in [0.2, 0.25) is 5.60 Å². The monoisotopic (exact) mass is 621 g/mol. The highest BCUT2D eigenvalue weighted by molar-refractivity contribution is 5.89. The fraction of sp³-hybridized carbons (Fsp3) is 0.438. The Kier molecular flexibility index (Phi) is 7.84. The van der Waals surface area contributed by atoms with Crippen LogP contribution in [-0.2, 0) is 47.3 Å². The van der Waals surface area contributed by atoms with Crippen molar-refractivity contribution in [3.05, 3.63) is 57.4 Å². The number of carbonyl (C=O) groups excluding carboxylic acids is 4. The molecule has 0 bridgehead atoms. The first-order valence-electron chi connectivity index (χ1n) is 14.5. The van der Waals surface area contributed by atoms with Crippen LogP contribution in [0.1, 0.15) is 71.6 Å². The van der Waals surface area contributed by atoms with Gasteiger partial charge in [0.25, 0.3) is 5.56 Å². The zero-order valence-electron chi connectivity index (χ0n) is 26.2. The minimum absolute atomic E-state index is 0.0294. The third-order valence-corrected chi connectivity index (χ3v) is 7.10. The number of fused-ring (bicyclic) bond motifs is 5. The number of nitrogens with one attached hydrogen (secondary N) is 1. The number of hydrogen-bond acceptors (Lipinski definition) is 11. The summed E-state index contributed by atoms with van der Waals surface area (Å²) in [5, 5.41) is 2.99. The fourth-order valence-electron chi connectivity index (χ4n) is 5.24. The van der Waals surface area contributed by atoms with Gasteiger partial charge in [0.05, 0.1) is 29.0 Å². The quantitative estimate of drug-likeness (QED) is 0.190. The maximum Gasteiger partial charge on any atom is 0.514 e. The SMILES string of the molecule is CC[C@@]1(OC(=O)CNC(=O)OC(C)(C)C)C(=O)OCc2c1cc1n(c2=O)Cc2cc3cc(OC(=O)OC(C)(C)C)ccc3nc2-1. The molecular formula is C32H35N3O10. The smallest absolute Gasteiger partial charge is 0.457 e. The summed E-state index contributed by atoms with van der Waals surface area (Å²) in [6.45, 7) is 11.2. The highest BCUT2D eigenvalue weighted by Crippen LogP contribution is 2.41. The van der Waals surface area contributed by atoms with Gasteiger partial charge in [-0.15, -0.1) is 0 Å². The van der Waals surface area contributed by atoms with Crippen LogP contribution in [0.4, 0.5) is 9.59 Å².